The first-order valence-electron chi connectivity index (χ1n) is 16.0. The zero-order valence-electron chi connectivity index (χ0n) is 25.4. The Kier molecular flexibility index (Phi) is 7.59. The Labute approximate surface area is 241 Å². The topological polar surface area (TPSA) is 48.1 Å². The van der Waals surface area contributed by atoms with Crippen molar-refractivity contribution in [2.24, 2.45) is 5.92 Å². The summed E-state index contributed by atoms with van der Waals surface area (Å²) in [6, 6.07) is 14.7. The summed E-state index contributed by atoms with van der Waals surface area (Å²) < 4.78 is 0. The second-order valence-corrected chi connectivity index (χ2v) is 14.0. The van der Waals surface area contributed by atoms with E-state index in [2.05, 4.69) is 86.2 Å². The minimum atomic E-state index is -0.552. The SMILES string of the molecule is Cc1cc(C)cc(-c2[nH]c3ccc(C(C)(C)C(=O)N4CC5CCC4CC5)cc3c2[C@H](C)CNC2CCCCC2)c1. The van der Waals surface area contributed by atoms with E-state index < -0.39 is 5.41 Å². The summed E-state index contributed by atoms with van der Waals surface area (Å²) in [6.45, 7) is 13.0. The van der Waals surface area contributed by atoms with Crippen LogP contribution in [0.25, 0.3) is 22.2 Å². The number of aryl methyl sites for hydroxylation is 2. The molecule has 0 spiro atoms. The molecule has 40 heavy (non-hydrogen) atoms. The number of fused-ring (bicyclic) bond motifs is 4. The number of carbonyl (C=O) groups excluding carboxylic acids is 1. The summed E-state index contributed by atoms with van der Waals surface area (Å²) in [5.41, 5.74) is 8.19. The van der Waals surface area contributed by atoms with Gasteiger partial charge in [-0.05, 0) is 119 Å². The number of carbonyl (C=O) groups is 1. The summed E-state index contributed by atoms with van der Waals surface area (Å²) in [5, 5.41) is 5.19. The maximum absolute atomic E-state index is 14.1. The van der Waals surface area contributed by atoms with E-state index in [9.17, 15) is 4.79 Å². The summed E-state index contributed by atoms with van der Waals surface area (Å²) in [7, 11) is 0. The van der Waals surface area contributed by atoms with Gasteiger partial charge in [0.2, 0.25) is 5.91 Å². The third kappa shape index (κ3) is 5.24. The van der Waals surface area contributed by atoms with E-state index in [1.165, 1.54) is 91.1 Å². The van der Waals surface area contributed by atoms with Crippen molar-refractivity contribution >= 4 is 16.8 Å². The van der Waals surface area contributed by atoms with Gasteiger partial charge in [-0.3, -0.25) is 4.79 Å². The second kappa shape index (κ2) is 11.0. The van der Waals surface area contributed by atoms with Crippen molar-refractivity contribution in [1.82, 2.24) is 15.2 Å². The lowest BCUT2D eigenvalue weighted by atomic mass is 9.76. The van der Waals surface area contributed by atoms with Crippen molar-refractivity contribution in [2.45, 2.75) is 116 Å². The highest BCUT2D eigenvalue weighted by Crippen LogP contribution is 2.41. The van der Waals surface area contributed by atoms with Crippen molar-refractivity contribution in [1.29, 1.82) is 0 Å². The highest BCUT2D eigenvalue weighted by Gasteiger charge is 2.42. The maximum Gasteiger partial charge on any atom is 0.232 e. The van der Waals surface area contributed by atoms with Crippen LogP contribution in [-0.4, -0.2) is 41.0 Å². The first kappa shape index (κ1) is 27.6. The average molecular weight is 540 g/mol. The number of hydrogen-bond acceptors (Lipinski definition) is 2. The van der Waals surface area contributed by atoms with Crippen LogP contribution in [0.2, 0.25) is 0 Å². The van der Waals surface area contributed by atoms with E-state index in [0.29, 0.717) is 29.8 Å². The minimum Gasteiger partial charge on any atom is -0.354 e. The predicted octanol–water partition coefficient (Wildman–Crippen LogP) is 8.16. The summed E-state index contributed by atoms with van der Waals surface area (Å²) in [6.07, 6.45) is 11.6. The van der Waals surface area contributed by atoms with Crippen molar-refractivity contribution in [3.8, 4) is 11.3 Å². The molecule has 3 heterocycles. The van der Waals surface area contributed by atoms with Crippen molar-refractivity contribution in [2.75, 3.05) is 13.1 Å². The summed E-state index contributed by atoms with van der Waals surface area (Å²) in [4.78, 5) is 20.1. The van der Waals surface area contributed by atoms with Crippen LogP contribution in [0.15, 0.2) is 36.4 Å². The molecule has 1 atom stereocenters. The standard InChI is InChI=1S/C36H49N3O/c1-23-17-24(2)19-27(18-23)34-33(25(3)21-37-29-9-7-6-8-10-29)31-20-28(13-16-32(31)38-34)36(4,5)35(40)39-22-26-11-14-30(39)15-12-26/h13,16-20,25-26,29-30,37-38H,6-12,14-15,21-22H2,1-5H3/t25-,26?,30?/m1/s1. The van der Waals surface area contributed by atoms with Crippen LogP contribution in [0.3, 0.4) is 0 Å². The first-order valence-corrected chi connectivity index (χ1v) is 16.0. The van der Waals surface area contributed by atoms with Gasteiger partial charge in [-0.2, -0.15) is 0 Å². The van der Waals surface area contributed by atoms with Crippen LogP contribution in [0.4, 0.5) is 0 Å². The van der Waals surface area contributed by atoms with Gasteiger partial charge in [-0.1, -0.05) is 49.4 Å². The lowest BCUT2D eigenvalue weighted by molar-refractivity contribution is -0.144. The Bertz CT molecular complexity index is 1350. The van der Waals surface area contributed by atoms with Crippen LogP contribution in [0.1, 0.15) is 107 Å². The molecule has 2 N–H and O–H groups in total. The van der Waals surface area contributed by atoms with Gasteiger partial charge in [0.1, 0.15) is 0 Å². The maximum atomic E-state index is 14.1. The van der Waals surface area contributed by atoms with Crippen molar-refractivity contribution in [3.63, 3.8) is 0 Å². The van der Waals surface area contributed by atoms with Crippen LogP contribution in [0, 0.1) is 19.8 Å². The van der Waals surface area contributed by atoms with E-state index in [1.807, 2.05) is 0 Å². The van der Waals surface area contributed by atoms with Gasteiger partial charge in [0, 0.05) is 36.1 Å². The Morgan fingerprint density at radius 3 is 2.33 bits per heavy atom. The molecule has 7 rings (SSSR count). The third-order valence-electron chi connectivity index (χ3n) is 10.4. The van der Waals surface area contributed by atoms with Gasteiger partial charge in [0.25, 0.3) is 0 Å². The fourth-order valence-electron chi connectivity index (χ4n) is 8.01. The molecule has 4 aliphatic rings. The highest BCUT2D eigenvalue weighted by atomic mass is 16.2. The second-order valence-electron chi connectivity index (χ2n) is 14.0. The number of rotatable bonds is 7. The van der Waals surface area contributed by atoms with E-state index in [1.54, 1.807) is 0 Å². The molecule has 2 saturated heterocycles. The quantitative estimate of drug-likeness (QED) is 0.318. The zero-order valence-corrected chi connectivity index (χ0v) is 25.4. The van der Waals surface area contributed by atoms with Gasteiger partial charge in [0.05, 0.1) is 11.1 Å². The van der Waals surface area contributed by atoms with Gasteiger partial charge in [-0.15, -0.1) is 0 Å². The highest BCUT2D eigenvalue weighted by molar-refractivity contribution is 5.94. The molecule has 4 fully saturated rings. The zero-order chi connectivity index (χ0) is 28.0. The molecular formula is C36H49N3O. The molecule has 3 aromatic rings. The molecule has 1 aromatic heterocycles. The molecule has 2 saturated carbocycles. The van der Waals surface area contributed by atoms with E-state index in [4.69, 9.17) is 0 Å². The number of H-pyrrole nitrogens is 1. The van der Waals surface area contributed by atoms with Crippen LogP contribution in [0.5, 0.6) is 0 Å². The lowest BCUT2D eigenvalue weighted by Crippen LogP contribution is -2.55. The summed E-state index contributed by atoms with van der Waals surface area (Å²) in [5.74, 6) is 1.35. The molecule has 1 amide bonds. The van der Waals surface area contributed by atoms with Gasteiger partial charge < -0.3 is 15.2 Å². The largest absolute Gasteiger partial charge is 0.354 e. The number of hydrogen-bond donors (Lipinski definition) is 2. The summed E-state index contributed by atoms with van der Waals surface area (Å²) >= 11 is 0. The van der Waals surface area contributed by atoms with Crippen LogP contribution >= 0.6 is 0 Å². The Morgan fingerprint density at radius 2 is 1.68 bits per heavy atom. The smallest absolute Gasteiger partial charge is 0.232 e. The van der Waals surface area contributed by atoms with E-state index in [-0.39, 0.29) is 0 Å². The monoisotopic (exact) mass is 539 g/mol. The van der Waals surface area contributed by atoms with Gasteiger partial charge >= 0.3 is 0 Å². The first-order chi connectivity index (χ1) is 19.2. The average Bonchev–Trinajstić information content (AvgIpc) is 3.35. The predicted molar refractivity (Wildman–Crippen MR) is 167 cm³/mol. The number of aromatic amines is 1. The Balaban J connectivity index is 1.38. The number of nitrogens with one attached hydrogen (secondary N) is 2. The fraction of sp³-hybridized carbons (Fsp3) is 0.583. The molecular weight excluding hydrogens is 490 g/mol. The number of aromatic nitrogens is 1. The molecule has 2 aromatic carbocycles. The van der Waals surface area contributed by atoms with Gasteiger partial charge in [-0.25, -0.2) is 0 Å². The lowest BCUT2D eigenvalue weighted by Gasteiger charge is -2.47. The van der Waals surface area contributed by atoms with Crippen molar-refractivity contribution < 1.29 is 4.79 Å². The number of nitrogens with zero attached hydrogens (tertiary/aromatic N) is 1. The number of piperidine rings is 2. The van der Waals surface area contributed by atoms with Crippen LogP contribution < -0.4 is 5.32 Å². The fourth-order valence-corrected chi connectivity index (χ4v) is 8.01. The molecule has 4 heteroatoms. The number of amides is 1. The van der Waals surface area contributed by atoms with Crippen LogP contribution in [-0.2, 0) is 10.2 Å². The molecule has 4 nitrogen and oxygen atoms in total. The third-order valence-corrected chi connectivity index (χ3v) is 10.4. The molecule has 214 valence electrons. The molecule has 0 radical (unpaired) electrons. The molecule has 2 aliphatic heterocycles. The Hall–Kier alpha value is -2.59. The molecule has 0 unspecified atom stereocenters. The minimum absolute atomic E-state index is 0.305. The normalized spacial score (nSPS) is 22.7. The van der Waals surface area contributed by atoms with E-state index >= 15 is 0 Å². The molecule has 2 aliphatic carbocycles. The van der Waals surface area contributed by atoms with E-state index in [0.717, 1.165) is 24.2 Å². The van der Waals surface area contributed by atoms with Crippen molar-refractivity contribution in [3.05, 3.63) is 58.7 Å². The number of benzene rings is 2. The Morgan fingerprint density at radius 1 is 0.975 bits per heavy atom. The molecule has 2 bridgehead atoms. The van der Waals surface area contributed by atoms with Gasteiger partial charge in [0.15, 0.2) is 0 Å².